The summed E-state index contributed by atoms with van der Waals surface area (Å²) >= 11 is 0. The van der Waals surface area contributed by atoms with E-state index in [2.05, 4.69) is 0 Å². The van der Waals surface area contributed by atoms with E-state index < -0.39 is 19.8 Å². The van der Waals surface area contributed by atoms with Gasteiger partial charge in [0.05, 0.1) is 25.3 Å². The van der Waals surface area contributed by atoms with Crippen LogP contribution in [0.2, 0.25) is 0 Å². The van der Waals surface area contributed by atoms with Gasteiger partial charge in [-0.1, -0.05) is 18.2 Å². The molecule has 2 rings (SSSR count). The summed E-state index contributed by atoms with van der Waals surface area (Å²) in [6.45, 7) is 0. The van der Waals surface area contributed by atoms with E-state index in [1.54, 1.807) is 24.3 Å². The van der Waals surface area contributed by atoms with Crippen LogP contribution in [0.1, 0.15) is 21.8 Å². The number of esters is 1. The normalized spacial score (nSPS) is 19.4. The van der Waals surface area contributed by atoms with Crippen molar-refractivity contribution in [2.75, 3.05) is 14.2 Å². The Balaban J connectivity index is 2.44. The third-order valence-electron chi connectivity index (χ3n) is 2.48. The molecule has 1 atom stereocenters. The number of fused-ring (bicyclic) bond motifs is 1. The number of hydrogen-bond acceptors (Lipinski definition) is 5. The molecule has 0 saturated carbocycles. The number of hydrogen-bond donors (Lipinski definition) is 1. The van der Waals surface area contributed by atoms with Gasteiger partial charge in [-0.2, -0.15) is 13.9 Å². The zero-order chi connectivity index (χ0) is 11.8. The molecular weight excluding hydrogens is 231 g/mol. The average Bonchev–Trinajstić information content (AvgIpc) is 2.67. The van der Waals surface area contributed by atoms with E-state index in [1.807, 2.05) is 0 Å². The Morgan fingerprint density at radius 3 is 2.56 bits per heavy atom. The van der Waals surface area contributed by atoms with Crippen LogP contribution in [-0.2, 0) is 13.8 Å². The summed E-state index contributed by atoms with van der Waals surface area (Å²) in [7, 11) is -0.541. The highest BCUT2D eigenvalue weighted by atomic mass is 31.2. The Labute approximate surface area is 93.5 Å². The van der Waals surface area contributed by atoms with Crippen LogP contribution in [0, 0.1) is 0 Å². The standard InChI is InChI=1S/C10H12O5P/c1-13-16(12,14-2)10-8-6-4-3-5-7(8)9(11)15-10/h3-6,10,12H,1-2H3/q+1. The van der Waals surface area contributed by atoms with Crippen LogP contribution < -0.4 is 0 Å². The summed E-state index contributed by atoms with van der Waals surface area (Å²) < 4.78 is 15.0. The molecular formula is C10H12O5P+. The van der Waals surface area contributed by atoms with Gasteiger partial charge in [0, 0.05) is 0 Å². The van der Waals surface area contributed by atoms with E-state index in [1.165, 1.54) is 14.2 Å². The van der Waals surface area contributed by atoms with Crippen LogP contribution >= 0.6 is 7.94 Å². The molecule has 1 aliphatic heterocycles. The van der Waals surface area contributed by atoms with Crippen molar-refractivity contribution in [1.82, 2.24) is 0 Å². The second-order valence-electron chi connectivity index (χ2n) is 3.27. The highest BCUT2D eigenvalue weighted by Gasteiger charge is 2.57. The molecule has 1 unspecified atom stereocenters. The number of carbonyl (C=O) groups excluding carboxylic acids is 1. The molecule has 1 heterocycles. The zero-order valence-corrected chi connectivity index (χ0v) is 9.81. The van der Waals surface area contributed by atoms with Crippen LogP contribution in [0.25, 0.3) is 0 Å². The Morgan fingerprint density at radius 1 is 1.31 bits per heavy atom. The van der Waals surface area contributed by atoms with E-state index in [4.69, 9.17) is 13.8 Å². The highest BCUT2D eigenvalue weighted by molar-refractivity contribution is 7.60. The summed E-state index contributed by atoms with van der Waals surface area (Å²) in [6, 6.07) is 6.87. The predicted octanol–water partition coefficient (Wildman–Crippen LogP) is 1.90. The molecule has 0 aromatic heterocycles. The fourth-order valence-electron chi connectivity index (χ4n) is 1.63. The van der Waals surface area contributed by atoms with Crippen LogP contribution in [0.5, 0.6) is 0 Å². The fourth-order valence-corrected chi connectivity index (χ4v) is 2.97. The smallest absolute Gasteiger partial charge is 0.411 e. The topological polar surface area (TPSA) is 65.0 Å². The lowest BCUT2D eigenvalue weighted by Crippen LogP contribution is -2.09. The van der Waals surface area contributed by atoms with Crippen molar-refractivity contribution in [3.05, 3.63) is 35.4 Å². The van der Waals surface area contributed by atoms with Crippen molar-refractivity contribution < 1.29 is 23.5 Å². The molecule has 0 saturated heterocycles. The van der Waals surface area contributed by atoms with Gasteiger partial charge in [-0.15, -0.1) is 0 Å². The summed E-state index contributed by atoms with van der Waals surface area (Å²) in [5, 5.41) is 0. The van der Waals surface area contributed by atoms with Crippen molar-refractivity contribution in [2.24, 2.45) is 0 Å². The molecule has 5 nitrogen and oxygen atoms in total. The Bertz CT molecular complexity index is 415. The molecule has 0 bridgehead atoms. The maximum absolute atomic E-state index is 11.5. The van der Waals surface area contributed by atoms with Gasteiger partial charge in [-0.05, 0) is 6.07 Å². The van der Waals surface area contributed by atoms with Gasteiger partial charge >= 0.3 is 19.8 Å². The van der Waals surface area contributed by atoms with Crippen LogP contribution in [0.4, 0.5) is 0 Å². The number of ether oxygens (including phenoxy) is 1. The maximum Gasteiger partial charge on any atom is 0.457 e. The largest absolute Gasteiger partial charge is 0.457 e. The molecule has 1 aromatic rings. The number of benzene rings is 1. The first-order valence-electron chi connectivity index (χ1n) is 4.65. The molecule has 6 heteroatoms. The first-order valence-corrected chi connectivity index (χ1v) is 6.30. The predicted molar refractivity (Wildman–Crippen MR) is 57.8 cm³/mol. The lowest BCUT2D eigenvalue weighted by Gasteiger charge is -2.18. The first kappa shape index (κ1) is 11.5. The van der Waals surface area contributed by atoms with Crippen molar-refractivity contribution >= 4 is 13.9 Å². The van der Waals surface area contributed by atoms with Crippen molar-refractivity contribution in [3.63, 3.8) is 0 Å². The number of rotatable bonds is 3. The molecule has 16 heavy (non-hydrogen) atoms. The monoisotopic (exact) mass is 243 g/mol. The van der Waals surface area contributed by atoms with E-state index >= 15 is 0 Å². The van der Waals surface area contributed by atoms with Crippen LogP contribution in [0.15, 0.2) is 24.3 Å². The number of cyclic esters (lactones) is 1. The Hall–Kier alpha value is -1.00. The van der Waals surface area contributed by atoms with Gasteiger partial charge in [-0.25, -0.2) is 4.79 Å². The fraction of sp³-hybridized carbons (Fsp3) is 0.300. The molecule has 86 valence electrons. The second kappa shape index (κ2) is 4.11. The lowest BCUT2D eigenvalue weighted by molar-refractivity contribution is 0.0430. The highest BCUT2D eigenvalue weighted by Crippen LogP contribution is 2.69. The summed E-state index contributed by atoms with van der Waals surface area (Å²) in [6.07, 6.45) is 0. The maximum atomic E-state index is 11.5. The van der Waals surface area contributed by atoms with Crippen LogP contribution in [0.3, 0.4) is 0 Å². The van der Waals surface area contributed by atoms with E-state index in [-0.39, 0.29) is 0 Å². The minimum Gasteiger partial charge on any atom is -0.411 e. The average molecular weight is 243 g/mol. The molecule has 0 amide bonds. The molecule has 0 radical (unpaired) electrons. The SMILES string of the molecule is CO[P+](O)(OC)C1OC(=O)c2ccccc21. The lowest BCUT2D eigenvalue weighted by atomic mass is 10.1. The van der Waals surface area contributed by atoms with E-state index in [9.17, 15) is 9.69 Å². The molecule has 1 aliphatic rings. The van der Waals surface area contributed by atoms with Gasteiger partial charge < -0.3 is 4.74 Å². The van der Waals surface area contributed by atoms with Crippen molar-refractivity contribution in [1.29, 1.82) is 0 Å². The van der Waals surface area contributed by atoms with Gasteiger partial charge in [0.25, 0.3) is 0 Å². The minimum atomic E-state index is -3.19. The molecule has 1 aromatic carbocycles. The number of carbonyl (C=O) groups is 1. The zero-order valence-electron chi connectivity index (χ0n) is 8.91. The van der Waals surface area contributed by atoms with Gasteiger partial charge in [0.15, 0.2) is 0 Å². The summed E-state index contributed by atoms with van der Waals surface area (Å²) in [5.74, 6) is -1.32. The summed E-state index contributed by atoms with van der Waals surface area (Å²) in [4.78, 5) is 21.6. The van der Waals surface area contributed by atoms with E-state index in [0.717, 1.165) is 0 Å². The molecule has 0 fully saturated rings. The van der Waals surface area contributed by atoms with Gasteiger partial charge in [0.2, 0.25) is 0 Å². The second-order valence-corrected chi connectivity index (χ2v) is 5.60. The molecule has 0 spiro atoms. The van der Waals surface area contributed by atoms with Crippen molar-refractivity contribution in [2.45, 2.75) is 5.85 Å². The third-order valence-corrected chi connectivity index (χ3v) is 4.51. The molecule has 1 N–H and O–H groups in total. The van der Waals surface area contributed by atoms with Crippen molar-refractivity contribution in [3.8, 4) is 0 Å². The van der Waals surface area contributed by atoms with Crippen LogP contribution in [-0.4, -0.2) is 25.1 Å². The third kappa shape index (κ3) is 1.62. The first-order chi connectivity index (χ1) is 7.62. The molecule has 0 aliphatic carbocycles. The minimum absolute atomic E-state index is 0.444. The van der Waals surface area contributed by atoms with Gasteiger partial charge in [0.1, 0.15) is 0 Å². The Kier molecular flexibility index (Phi) is 2.95. The van der Waals surface area contributed by atoms with Gasteiger partial charge in [-0.3, -0.25) is 0 Å². The Morgan fingerprint density at radius 2 is 1.94 bits per heavy atom. The summed E-state index contributed by atoms with van der Waals surface area (Å²) in [5.41, 5.74) is 1.05. The quantitative estimate of drug-likeness (QED) is 0.648. The van der Waals surface area contributed by atoms with E-state index in [0.29, 0.717) is 11.1 Å².